The van der Waals surface area contributed by atoms with Crippen molar-refractivity contribution in [2.75, 3.05) is 39.5 Å². The van der Waals surface area contributed by atoms with E-state index in [1.54, 1.807) is 17.2 Å². The molecule has 1 aromatic heterocycles. The fourth-order valence-electron chi connectivity index (χ4n) is 6.22. The van der Waals surface area contributed by atoms with Gasteiger partial charge in [0.05, 0.1) is 36.2 Å². The molecule has 3 aliphatic heterocycles. The number of amides is 3. The second-order valence-electron chi connectivity index (χ2n) is 13.8. The van der Waals surface area contributed by atoms with E-state index in [0.717, 1.165) is 42.7 Å². The Morgan fingerprint density at radius 1 is 1.15 bits per heavy atom. The molecule has 0 spiro atoms. The summed E-state index contributed by atoms with van der Waals surface area (Å²) in [5.74, 6) is -0.457. The Morgan fingerprint density at radius 2 is 1.89 bits per heavy atom. The standard InChI is InChI=1S/C34H47N5O6S/c1-23(2)20-27-33(43)38-26(21-34(3,4)5)32(42)37(24-12-14-36(15-13-24)16-18-44-19-17-40)22-30(38)39(45-27)31(41)11-10-29-35-25-8-6-7-9-28(25)46-29/h6-11,22-24,26-27,40H,12-21H2,1-5H3/b11-10+/t26-,27+/m0/s1. The Hall–Kier alpha value is -3.16. The van der Waals surface area contributed by atoms with Gasteiger partial charge in [-0.25, -0.2) is 4.98 Å². The molecule has 11 nitrogen and oxygen atoms in total. The number of hydrogen-bond donors (Lipinski definition) is 1. The van der Waals surface area contributed by atoms with E-state index in [1.807, 2.05) is 38.1 Å². The number of ether oxygens (including phenoxy) is 1. The number of piperidine rings is 1. The largest absolute Gasteiger partial charge is 0.394 e. The van der Waals surface area contributed by atoms with E-state index in [2.05, 4.69) is 30.7 Å². The van der Waals surface area contributed by atoms with Crippen LogP contribution in [0.3, 0.4) is 0 Å². The van der Waals surface area contributed by atoms with Gasteiger partial charge in [-0.3, -0.25) is 24.1 Å². The lowest BCUT2D eigenvalue weighted by Gasteiger charge is -2.50. The molecular formula is C34H47N5O6S. The minimum atomic E-state index is -0.893. The highest BCUT2D eigenvalue weighted by atomic mass is 32.1. The first-order valence-corrected chi connectivity index (χ1v) is 17.1. The van der Waals surface area contributed by atoms with Gasteiger partial charge in [0.25, 0.3) is 11.8 Å². The van der Waals surface area contributed by atoms with Gasteiger partial charge in [0, 0.05) is 31.8 Å². The summed E-state index contributed by atoms with van der Waals surface area (Å²) in [6.07, 6.45) is 6.19. The smallest absolute Gasteiger partial charge is 0.276 e. The lowest BCUT2D eigenvalue weighted by Crippen LogP contribution is -2.65. The third-order valence-electron chi connectivity index (χ3n) is 8.41. The zero-order valence-corrected chi connectivity index (χ0v) is 28.4. The Kier molecular flexibility index (Phi) is 10.9. The predicted octanol–water partition coefficient (Wildman–Crippen LogP) is 4.25. The molecule has 5 rings (SSSR count). The molecule has 2 atom stereocenters. The number of thiazole rings is 1. The van der Waals surface area contributed by atoms with Gasteiger partial charge in [-0.05, 0) is 55.2 Å². The quantitative estimate of drug-likeness (QED) is 0.283. The number of carbonyl (C=O) groups excluding carboxylic acids is 3. The van der Waals surface area contributed by atoms with Crippen LogP contribution in [0.1, 0.15) is 65.3 Å². The van der Waals surface area contributed by atoms with Crippen molar-refractivity contribution in [3.63, 3.8) is 0 Å². The Morgan fingerprint density at radius 3 is 2.57 bits per heavy atom. The fraction of sp³-hybridized carbons (Fsp3) is 0.588. The van der Waals surface area contributed by atoms with Crippen molar-refractivity contribution < 1.29 is 29.1 Å². The molecule has 46 heavy (non-hydrogen) atoms. The van der Waals surface area contributed by atoms with Crippen LogP contribution in [0.15, 0.2) is 42.4 Å². The van der Waals surface area contributed by atoms with E-state index in [-0.39, 0.29) is 41.6 Å². The van der Waals surface area contributed by atoms with E-state index < -0.39 is 18.1 Å². The summed E-state index contributed by atoms with van der Waals surface area (Å²) in [7, 11) is 0. The van der Waals surface area contributed by atoms with Crippen LogP contribution in [-0.4, -0.2) is 105 Å². The van der Waals surface area contributed by atoms with Crippen LogP contribution in [-0.2, 0) is 24.0 Å². The van der Waals surface area contributed by atoms with Crippen molar-refractivity contribution in [3.05, 3.63) is 47.4 Å². The topological polar surface area (TPSA) is 116 Å². The zero-order chi connectivity index (χ0) is 33.0. The van der Waals surface area contributed by atoms with Crippen LogP contribution in [0.4, 0.5) is 0 Å². The number of aliphatic hydroxyl groups is 1. The zero-order valence-electron chi connectivity index (χ0n) is 27.6. The molecule has 4 heterocycles. The van der Waals surface area contributed by atoms with E-state index in [1.165, 1.54) is 27.4 Å². The molecule has 2 saturated heterocycles. The average molecular weight is 654 g/mol. The van der Waals surface area contributed by atoms with Gasteiger partial charge in [0.2, 0.25) is 5.91 Å². The van der Waals surface area contributed by atoms with Crippen LogP contribution in [0.2, 0.25) is 0 Å². The number of hydrogen-bond acceptors (Lipinski definition) is 9. The van der Waals surface area contributed by atoms with Crippen molar-refractivity contribution in [1.82, 2.24) is 24.7 Å². The molecule has 12 heteroatoms. The summed E-state index contributed by atoms with van der Waals surface area (Å²) >= 11 is 1.49. The first-order valence-electron chi connectivity index (χ1n) is 16.3. The first kappa shape index (κ1) is 34.2. The van der Waals surface area contributed by atoms with Crippen LogP contribution >= 0.6 is 11.3 Å². The van der Waals surface area contributed by atoms with Crippen LogP contribution in [0, 0.1) is 11.3 Å². The number of para-hydroxylation sites is 1. The first-order chi connectivity index (χ1) is 21.9. The lowest BCUT2D eigenvalue weighted by atomic mass is 9.85. The second-order valence-corrected chi connectivity index (χ2v) is 14.9. The number of likely N-dealkylation sites (tertiary alicyclic amines) is 1. The highest BCUT2D eigenvalue weighted by Crippen LogP contribution is 2.37. The number of carbonyl (C=O) groups is 3. The summed E-state index contributed by atoms with van der Waals surface area (Å²) in [5.41, 5.74) is 0.598. The van der Waals surface area contributed by atoms with Gasteiger partial charge in [-0.1, -0.05) is 46.8 Å². The Balaban J connectivity index is 1.45. The third kappa shape index (κ3) is 8.03. The third-order valence-corrected chi connectivity index (χ3v) is 9.42. The monoisotopic (exact) mass is 653 g/mol. The van der Waals surface area contributed by atoms with Gasteiger partial charge in [0.15, 0.2) is 11.9 Å². The highest BCUT2D eigenvalue weighted by Gasteiger charge is 2.51. The number of benzene rings is 1. The molecule has 0 bridgehead atoms. The van der Waals surface area contributed by atoms with Gasteiger partial charge in [-0.2, -0.15) is 5.06 Å². The van der Waals surface area contributed by atoms with Gasteiger partial charge in [0.1, 0.15) is 11.0 Å². The van der Waals surface area contributed by atoms with Crippen LogP contribution in [0.25, 0.3) is 16.3 Å². The number of rotatable bonds is 11. The maximum atomic E-state index is 14.3. The molecule has 1 aromatic carbocycles. The minimum Gasteiger partial charge on any atom is -0.394 e. The van der Waals surface area contributed by atoms with Crippen molar-refractivity contribution in [1.29, 1.82) is 0 Å². The van der Waals surface area contributed by atoms with E-state index >= 15 is 0 Å². The van der Waals surface area contributed by atoms with Crippen molar-refractivity contribution in [2.45, 2.75) is 78.5 Å². The van der Waals surface area contributed by atoms with Crippen molar-refractivity contribution in [2.24, 2.45) is 11.3 Å². The van der Waals surface area contributed by atoms with E-state index in [9.17, 15) is 14.4 Å². The summed E-state index contributed by atoms with van der Waals surface area (Å²) in [5, 5.41) is 10.9. The van der Waals surface area contributed by atoms with Crippen molar-refractivity contribution in [3.8, 4) is 0 Å². The normalized spacial score (nSPS) is 22.0. The molecule has 2 fully saturated rings. The van der Waals surface area contributed by atoms with Crippen LogP contribution < -0.4 is 0 Å². The number of aromatic nitrogens is 1. The summed E-state index contributed by atoms with van der Waals surface area (Å²) in [4.78, 5) is 58.6. The molecule has 2 aromatic rings. The molecule has 0 unspecified atom stereocenters. The Bertz CT molecular complexity index is 1420. The van der Waals surface area contributed by atoms with Gasteiger partial charge >= 0.3 is 0 Å². The maximum Gasteiger partial charge on any atom is 0.276 e. The molecule has 0 aliphatic carbocycles. The van der Waals surface area contributed by atoms with Crippen molar-refractivity contribution >= 4 is 45.4 Å². The maximum absolute atomic E-state index is 14.3. The molecule has 0 radical (unpaired) electrons. The van der Waals surface area contributed by atoms with Crippen LogP contribution in [0.5, 0.6) is 0 Å². The fourth-order valence-corrected chi connectivity index (χ4v) is 7.09. The molecule has 3 amide bonds. The molecule has 250 valence electrons. The summed E-state index contributed by atoms with van der Waals surface area (Å²) in [6, 6.07) is 6.95. The second kappa shape index (κ2) is 14.7. The predicted molar refractivity (Wildman–Crippen MR) is 177 cm³/mol. The van der Waals surface area contributed by atoms with E-state index in [4.69, 9.17) is 14.7 Å². The van der Waals surface area contributed by atoms with Gasteiger partial charge < -0.3 is 19.6 Å². The molecule has 1 N–H and O–H groups in total. The molecule has 0 saturated carbocycles. The Labute approximate surface area is 275 Å². The SMILES string of the molecule is CC(C)C[C@H]1ON(C(=O)/C=C/c2nc3ccccc3s2)C2=CN(C3CCN(CCOCCO)CC3)C(=O)[C@H](CC(C)(C)C)N2C1=O. The number of nitrogens with zero attached hydrogens (tertiary/aromatic N) is 5. The number of hydroxylamine groups is 2. The minimum absolute atomic E-state index is 0.00227. The molecule has 3 aliphatic rings. The van der Waals surface area contributed by atoms with E-state index in [0.29, 0.717) is 31.1 Å². The van der Waals surface area contributed by atoms with Gasteiger partial charge in [-0.15, -0.1) is 11.3 Å². The average Bonchev–Trinajstić information content (AvgIpc) is 3.43. The highest BCUT2D eigenvalue weighted by molar-refractivity contribution is 7.19. The lowest BCUT2D eigenvalue weighted by molar-refractivity contribution is -0.226. The number of aliphatic hydroxyl groups excluding tert-OH is 1. The number of fused-ring (bicyclic) bond motifs is 2. The molecular weight excluding hydrogens is 606 g/mol. The summed E-state index contributed by atoms with van der Waals surface area (Å²) < 4.78 is 6.47. The summed E-state index contributed by atoms with van der Waals surface area (Å²) in [6.45, 7) is 13.4.